The van der Waals surface area contributed by atoms with Gasteiger partial charge in [0.2, 0.25) is 5.91 Å². The smallest absolute Gasteiger partial charge is 0.227 e. The maximum absolute atomic E-state index is 11.8. The summed E-state index contributed by atoms with van der Waals surface area (Å²) < 4.78 is 0. The van der Waals surface area contributed by atoms with Crippen LogP contribution in [0.2, 0.25) is 0 Å². The van der Waals surface area contributed by atoms with E-state index in [9.17, 15) is 4.79 Å². The molecule has 0 fully saturated rings. The fraction of sp³-hybridized carbons (Fsp3) is 0.417. The number of halogens is 1. The van der Waals surface area contributed by atoms with Gasteiger partial charge in [0, 0.05) is 24.0 Å². The third kappa shape index (κ3) is 3.34. The molecule has 0 heterocycles. The van der Waals surface area contributed by atoms with E-state index in [2.05, 4.69) is 15.9 Å². The van der Waals surface area contributed by atoms with Crippen LogP contribution in [-0.2, 0) is 4.79 Å². The van der Waals surface area contributed by atoms with Crippen LogP contribution < -0.4 is 4.90 Å². The van der Waals surface area contributed by atoms with Gasteiger partial charge in [-0.2, -0.15) is 0 Å². The Labute approximate surface area is 99.4 Å². The molecule has 82 valence electrons. The number of hydrogen-bond donors (Lipinski definition) is 0. The van der Waals surface area contributed by atoms with Crippen molar-refractivity contribution >= 4 is 27.5 Å². The maximum atomic E-state index is 11.8. The Morgan fingerprint density at radius 2 is 1.93 bits per heavy atom. The van der Waals surface area contributed by atoms with E-state index in [-0.39, 0.29) is 5.91 Å². The van der Waals surface area contributed by atoms with Gasteiger partial charge in [-0.1, -0.05) is 33.6 Å². The lowest BCUT2D eigenvalue weighted by atomic mass is 10.2. The van der Waals surface area contributed by atoms with E-state index >= 15 is 0 Å². The Kier molecular flexibility index (Phi) is 4.82. The Bertz CT molecular complexity index is 321. The number of alkyl halides is 1. The average molecular weight is 270 g/mol. The van der Waals surface area contributed by atoms with Crippen LogP contribution in [-0.4, -0.2) is 17.8 Å². The van der Waals surface area contributed by atoms with Gasteiger partial charge < -0.3 is 4.90 Å². The maximum Gasteiger partial charge on any atom is 0.227 e. The molecule has 0 saturated carbocycles. The van der Waals surface area contributed by atoms with Gasteiger partial charge in [-0.05, 0) is 26.0 Å². The summed E-state index contributed by atoms with van der Waals surface area (Å²) in [6.45, 7) is 4.75. The molecule has 3 heteroatoms. The highest BCUT2D eigenvalue weighted by atomic mass is 79.9. The molecular formula is C12H16BrNO. The Balaban J connectivity index is 2.82. The zero-order valence-electron chi connectivity index (χ0n) is 9.16. The number of carbonyl (C=O) groups excluding carboxylic acids is 1. The van der Waals surface area contributed by atoms with Crippen molar-refractivity contribution in [1.82, 2.24) is 0 Å². The largest absolute Gasteiger partial charge is 0.313 e. The average Bonchev–Trinajstić information content (AvgIpc) is 2.22. The van der Waals surface area contributed by atoms with Gasteiger partial charge >= 0.3 is 0 Å². The van der Waals surface area contributed by atoms with Crippen LogP contribution >= 0.6 is 15.9 Å². The van der Waals surface area contributed by atoms with Crippen LogP contribution in [0.25, 0.3) is 0 Å². The fourth-order valence-corrected chi connectivity index (χ4v) is 1.78. The molecule has 0 N–H and O–H groups in total. The first-order valence-corrected chi connectivity index (χ1v) is 6.24. The first-order chi connectivity index (χ1) is 7.19. The number of nitrogens with zero attached hydrogens (tertiary/aromatic N) is 1. The highest BCUT2D eigenvalue weighted by molar-refractivity contribution is 9.09. The van der Waals surface area contributed by atoms with Gasteiger partial charge in [-0.15, -0.1) is 0 Å². The van der Waals surface area contributed by atoms with E-state index in [1.54, 1.807) is 4.90 Å². The zero-order valence-corrected chi connectivity index (χ0v) is 10.8. The molecule has 0 aliphatic heterocycles. The molecule has 0 saturated heterocycles. The molecular weight excluding hydrogens is 254 g/mol. The summed E-state index contributed by atoms with van der Waals surface area (Å²) >= 11 is 3.28. The van der Waals surface area contributed by atoms with Crippen LogP contribution in [0.3, 0.4) is 0 Å². The monoisotopic (exact) mass is 269 g/mol. The molecule has 0 aromatic heterocycles. The fourth-order valence-electron chi connectivity index (χ4n) is 1.44. The van der Waals surface area contributed by atoms with Crippen LogP contribution in [0, 0.1) is 6.92 Å². The summed E-state index contributed by atoms with van der Waals surface area (Å²) in [5.74, 6) is 0.165. The van der Waals surface area contributed by atoms with Crippen molar-refractivity contribution < 1.29 is 4.79 Å². The number of anilines is 1. The number of rotatable bonds is 4. The molecule has 0 aliphatic rings. The predicted molar refractivity (Wildman–Crippen MR) is 67.6 cm³/mol. The first kappa shape index (κ1) is 12.2. The van der Waals surface area contributed by atoms with Crippen LogP contribution in [0.15, 0.2) is 24.3 Å². The van der Waals surface area contributed by atoms with E-state index < -0.39 is 0 Å². The van der Waals surface area contributed by atoms with Gasteiger partial charge in [0.15, 0.2) is 0 Å². The van der Waals surface area contributed by atoms with Gasteiger partial charge in [-0.25, -0.2) is 0 Å². The van der Waals surface area contributed by atoms with Crippen molar-refractivity contribution in [1.29, 1.82) is 0 Å². The third-order valence-electron chi connectivity index (χ3n) is 2.27. The minimum atomic E-state index is 0.165. The molecule has 1 aromatic rings. The van der Waals surface area contributed by atoms with Gasteiger partial charge in [0.25, 0.3) is 0 Å². The normalized spacial score (nSPS) is 10.1. The lowest BCUT2D eigenvalue weighted by molar-refractivity contribution is -0.118. The third-order valence-corrected chi connectivity index (χ3v) is 2.67. The van der Waals surface area contributed by atoms with E-state index in [0.29, 0.717) is 11.8 Å². The second-order valence-corrected chi connectivity index (χ2v) is 4.21. The lowest BCUT2D eigenvalue weighted by Crippen LogP contribution is -2.30. The Morgan fingerprint density at radius 3 is 2.40 bits per heavy atom. The molecule has 1 amide bonds. The molecule has 0 atom stereocenters. The molecule has 2 nitrogen and oxygen atoms in total. The van der Waals surface area contributed by atoms with E-state index in [0.717, 1.165) is 12.2 Å². The molecule has 1 rings (SSSR count). The topological polar surface area (TPSA) is 20.3 Å². The van der Waals surface area contributed by atoms with Crippen molar-refractivity contribution in [3.63, 3.8) is 0 Å². The second kappa shape index (κ2) is 5.91. The second-order valence-electron chi connectivity index (χ2n) is 3.41. The van der Waals surface area contributed by atoms with Crippen molar-refractivity contribution in [2.45, 2.75) is 20.3 Å². The molecule has 15 heavy (non-hydrogen) atoms. The highest BCUT2D eigenvalue weighted by Crippen LogP contribution is 2.16. The van der Waals surface area contributed by atoms with E-state index in [4.69, 9.17) is 0 Å². The van der Waals surface area contributed by atoms with Crippen LogP contribution in [0.1, 0.15) is 18.9 Å². The SMILES string of the molecule is CCN(C(=O)CCBr)c1ccc(C)cc1. The minimum Gasteiger partial charge on any atom is -0.313 e. The van der Waals surface area contributed by atoms with Crippen molar-refractivity contribution in [3.8, 4) is 0 Å². The van der Waals surface area contributed by atoms with Crippen LogP contribution in [0.4, 0.5) is 5.69 Å². The van der Waals surface area contributed by atoms with E-state index in [1.807, 2.05) is 38.1 Å². The summed E-state index contributed by atoms with van der Waals surface area (Å²) in [7, 11) is 0. The van der Waals surface area contributed by atoms with Gasteiger partial charge in [-0.3, -0.25) is 4.79 Å². The van der Waals surface area contributed by atoms with Gasteiger partial charge in [0.1, 0.15) is 0 Å². The molecule has 0 radical (unpaired) electrons. The number of hydrogen-bond acceptors (Lipinski definition) is 1. The molecule has 0 unspecified atom stereocenters. The molecule has 0 aliphatic carbocycles. The van der Waals surface area contributed by atoms with Crippen molar-refractivity contribution in [2.75, 3.05) is 16.8 Å². The zero-order chi connectivity index (χ0) is 11.3. The molecule has 1 aromatic carbocycles. The van der Waals surface area contributed by atoms with Crippen LogP contribution in [0.5, 0.6) is 0 Å². The summed E-state index contributed by atoms with van der Waals surface area (Å²) in [6.07, 6.45) is 0.543. The number of carbonyl (C=O) groups is 1. The standard InChI is InChI=1S/C12H16BrNO/c1-3-14(12(15)8-9-13)11-6-4-10(2)5-7-11/h4-7H,3,8-9H2,1-2H3. The minimum absolute atomic E-state index is 0.165. The molecule has 0 spiro atoms. The van der Waals surface area contributed by atoms with Gasteiger partial charge in [0.05, 0.1) is 0 Å². The summed E-state index contributed by atoms with van der Waals surface area (Å²) in [6, 6.07) is 8.04. The summed E-state index contributed by atoms with van der Waals surface area (Å²) in [5, 5.41) is 0.716. The first-order valence-electron chi connectivity index (χ1n) is 5.12. The highest BCUT2D eigenvalue weighted by Gasteiger charge is 2.12. The van der Waals surface area contributed by atoms with E-state index in [1.165, 1.54) is 5.56 Å². The number of benzene rings is 1. The number of amides is 1. The quantitative estimate of drug-likeness (QED) is 0.770. The molecule has 0 bridgehead atoms. The summed E-state index contributed by atoms with van der Waals surface area (Å²) in [4.78, 5) is 13.6. The van der Waals surface area contributed by atoms with Crippen molar-refractivity contribution in [2.24, 2.45) is 0 Å². The Hall–Kier alpha value is -0.830. The number of aryl methyl sites for hydroxylation is 1. The van der Waals surface area contributed by atoms with Crippen molar-refractivity contribution in [3.05, 3.63) is 29.8 Å². The summed E-state index contributed by atoms with van der Waals surface area (Å²) in [5.41, 5.74) is 2.19. The Morgan fingerprint density at radius 1 is 1.33 bits per heavy atom. The lowest BCUT2D eigenvalue weighted by Gasteiger charge is -2.20. The predicted octanol–water partition coefficient (Wildman–Crippen LogP) is 3.13.